The molecule has 1 saturated heterocycles. The lowest BCUT2D eigenvalue weighted by molar-refractivity contribution is -0.100. The molecule has 1 aliphatic heterocycles. The molecule has 7 N–H and O–H groups in total. The van der Waals surface area contributed by atoms with Gasteiger partial charge in [-0.05, 0) is 0 Å². The first-order valence-electron chi connectivity index (χ1n) is 6.94. The van der Waals surface area contributed by atoms with Gasteiger partial charge in [0, 0.05) is 10.9 Å². The van der Waals surface area contributed by atoms with Crippen LogP contribution in [-0.2, 0) is 25.5 Å². The number of rotatable bonds is 9. The summed E-state index contributed by atoms with van der Waals surface area (Å²) in [6.45, 7) is -1.48. The van der Waals surface area contributed by atoms with Gasteiger partial charge in [-0.1, -0.05) is 0 Å². The van der Waals surface area contributed by atoms with Gasteiger partial charge in [0.2, 0.25) is 10.4 Å². The van der Waals surface area contributed by atoms with E-state index in [2.05, 4.69) is 4.18 Å². The molecule has 1 fully saturated rings. The van der Waals surface area contributed by atoms with Crippen molar-refractivity contribution in [3.63, 3.8) is 0 Å². The molecule has 24 heavy (non-hydrogen) atoms. The summed E-state index contributed by atoms with van der Waals surface area (Å²) >= 11 is 0. The van der Waals surface area contributed by atoms with E-state index in [1.165, 1.54) is 0 Å². The number of hydrogen-bond donors (Lipinski definition) is 7. The van der Waals surface area contributed by atoms with Gasteiger partial charge in [-0.2, -0.15) is 0 Å². The third kappa shape index (κ3) is 5.74. The zero-order chi connectivity index (χ0) is 18.7. The third-order valence-electron chi connectivity index (χ3n) is 3.68. The monoisotopic (exact) mass is 394 g/mol. The van der Waals surface area contributed by atoms with Gasteiger partial charge in [-0.25, -0.2) is 8.42 Å². The summed E-state index contributed by atoms with van der Waals surface area (Å²) in [4.78, 5) is 0. The Morgan fingerprint density at radius 3 is 2.21 bits per heavy atom. The zero-order valence-corrected chi connectivity index (χ0v) is 14.1. The second-order valence-electron chi connectivity index (χ2n) is 5.43. The first kappa shape index (κ1) is 22.0. The van der Waals surface area contributed by atoms with Crippen LogP contribution in [0.15, 0.2) is 0 Å². The fourth-order valence-electron chi connectivity index (χ4n) is 2.42. The fraction of sp³-hybridized carbons (Fsp3) is 1.00. The first-order valence-corrected chi connectivity index (χ1v) is 9.90. The summed E-state index contributed by atoms with van der Waals surface area (Å²) < 4.78 is 36.4. The SMILES string of the molecule is O=S(=O)([O-])O[C@H]([C@H](O)[C@@H](O)CO)[C@@H](O)C[S+]1C[C@@H](O)[C@H](O)[C@H]1CO. The van der Waals surface area contributed by atoms with Crippen LogP contribution in [0.5, 0.6) is 0 Å². The van der Waals surface area contributed by atoms with E-state index < -0.39 is 76.4 Å². The molecule has 0 aromatic heterocycles. The van der Waals surface area contributed by atoms with Crippen LogP contribution in [0, 0.1) is 0 Å². The Morgan fingerprint density at radius 1 is 1.17 bits per heavy atom. The van der Waals surface area contributed by atoms with E-state index in [1.54, 1.807) is 0 Å². The molecular formula is C11H22O11S2. The standard InChI is InChI=1S/C11H22O11S2/c12-1-5(14)10(18)11(22-24(19,20)21)7(16)4-23-3-6(15)9(17)8(23)2-13/h5-18H,1-4H2/t5-,6+,7-,8+,9-,10+,11-,23?/m0/s1. The lowest BCUT2D eigenvalue weighted by Gasteiger charge is -2.30. The Bertz CT molecular complexity index is 486. The van der Waals surface area contributed by atoms with Crippen molar-refractivity contribution in [2.45, 2.75) is 41.9 Å². The van der Waals surface area contributed by atoms with Crippen LogP contribution in [0.25, 0.3) is 0 Å². The molecule has 1 heterocycles. The van der Waals surface area contributed by atoms with Crippen LogP contribution < -0.4 is 0 Å². The molecule has 0 aliphatic carbocycles. The largest absolute Gasteiger partial charge is 0.726 e. The molecule has 1 aliphatic rings. The molecule has 1 rings (SSSR count). The van der Waals surface area contributed by atoms with Crippen molar-refractivity contribution in [3.8, 4) is 0 Å². The average Bonchev–Trinajstić information content (AvgIpc) is 2.76. The predicted molar refractivity (Wildman–Crippen MR) is 79.7 cm³/mol. The van der Waals surface area contributed by atoms with Gasteiger partial charge in [0.25, 0.3) is 0 Å². The Morgan fingerprint density at radius 2 is 1.75 bits per heavy atom. The van der Waals surface area contributed by atoms with Crippen LogP contribution >= 0.6 is 0 Å². The minimum atomic E-state index is -5.34. The summed E-state index contributed by atoms with van der Waals surface area (Å²) in [5.41, 5.74) is 0. The number of hydrogen-bond acceptors (Lipinski definition) is 11. The molecule has 0 aromatic rings. The molecule has 0 saturated carbocycles. The molecule has 11 nitrogen and oxygen atoms in total. The molecule has 0 radical (unpaired) electrons. The molecule has 144 valence electrons. The van der Waals surface area contributed by atoms with E-state index >= 15 is 0 Å². The van der Waals surface area contributed by atoms with E-state index in [-0.39, 0.29) is 11.5 Å². The predicted octanol–water partition coefficient (Wildman–Crippen LogP) is -5.38. The quantitative estimate of drug-likeness (QED) is 0.111. The Hall–Kier alpha value is -0.0600. The topological polar surface area (TPSA) is 208 Å². The highest BCUT2D eigenvalue weighted by Gasteiger charge is 2.51. The van der Waals surface area contributed by atoms with Crippen LogP contribution in [-0.4, -0.2) is 115 Å². The van der Waals surface area contributed by atoms with Gasteiger partial charge in [0.15, 0.2) is 5.25 Å². The van der Waals surface area contributed by atoms with E-state index in [9.17, 15) is 43.6 Å². The van der Waals surface area contributed by atoms with E-state index in [0.29, 0.717) is 0 Å². The van der Waals surface area contributed by atoms with E-state index in [1.807, 2.05) is 0 Å². The fourth-order valence-corrected chi connectivity index (χ4v) is 5.61. The highest BCUT2D eigenvalue weighted by atomic mass is 32.3. The van der Waals surface area contributed by atoms with Crippen LogP contribution in [0.3, 0.4) is 0 Å². The van der Waals surface area contributed by atoms with Gasteiger partial charge in [0.1, 0.15) is 48.1 Å². The Labute approximate surface area is 141 Å². The molecule has 1 unspecified atom stereocenters. The maximum atomic E-state index is 10.8. The van der Waals surface area contributed by atoms with E-state index in [0.717, 1.165) is 0 Å². The summed E-state index contributed by atoms with van der Waals surface area (Å²) in [7, 11) is -6.31. The Balaban J connectivity index is 2.89. The first-order chi connectivity index (χ1) is 11.0. The molecule has 0 aromatic carbocycles. The molecule has 13 heteroatoms. The normalized spacial score (nSPS) is 33.2. The average molecular weight is 394 g/mol. The minimum Gasteiger partial charge on any atom is -0.726 e. The third-order valence-corrected chi connectivity index (χ3v) is 6.96. The van der Waals surface area contributed by atoms with Crippen LogP contribution in [0.2, 0.25) is 0 Å². The van der Waals surface area contributed by atoms with Crippen molar-refractivity contribution in [2.24, 2.45) is 0 Å². The van der Waals surface area contributed by atoms with Crippen LogP contribution in [0.1, 0.15) is 0 Å². The second kappa shape index (κ2) is 9.05. The van der Waals surface area contributed by atoms with Gasteiger partial charge < -0.3 is 40.3 Å². The van der Waals surface area contributed by atoms with Gasteiger partial charge >= 0.3 is 0 Å². The lowest BCUT2D eigenvalue weighted by atomic mass is 10.0. The summed E-state index contributed by atoms with van der Waals surface area (Å²) in [5.74, 6) is -0.298. The molecular weight excluding hydrogens is 372 g/mol. The van der Waals surface area contributed by atoms with Crippen molar-refractivity contribution in [3.05, 3.63) is 0 Å². The van der Waals surface area contributed by atoms with Gasteiger partial charge in [-0.15, -0.1) is 0 Å². The van der Waals surface area contributed by atoms with Crippen molar-refractivity contribution >= 4 is 21.3 Å². The zero-order valence-electron chi connectivity index (χ0n) is 12.4. The molecule has 0 amide bonds. The minimum absolute atomic E-state index is 0.0128. The van der Waals surface area contributed by atoms with Gasteiger partial charge in [0.05, 0.1) is 13.2 Å². The van der Waals surface area contributed by atoms with Gasteiger partial charge in [-0.3, -0.25) is 4.18 Å². The highest BCUT2D eigenvalue weighted by molar-refractivity contribution is 7.97. The number of aliphatic hydroxyl groups excluding tert-OH is 7. The van der Waals surface area contributed by atoms with Crippen molar-refractivity contribution in [1.29, 1.82) is 0 Å². The molecule has 8 atom stereocenters. The second-order valence-corrected chi connectivity index (χ2v) is 8.78. The summed E-state index contributed by atoms with van der Waals surface area (Å²) in [5, 5.41) is 65.9. The molecule has 0 spiro atoms. The summed E-state index contributed by atoms with van der Waals surface area (Å²) in [6, 6.07) is 0. The van der Waals surface area contributed by atoms with Crippen molar-refractivity contribution in [1.82, 2.24) is 0 Å². The maximum absolute atomic E-state index is 10.8. The maximum Gasteiger partial charge on any atom is 0.218 e. The van der Waals surface area contributed by atoms with E-state index in [4.69, 9.17) is 5.11 Å². The molecule has 0 bridgehead atoms. The number of aliphatic hydroxyl groups is 7. The lowest BCUT2D eigenvalue weighted by Crippen LogP contribution is -2.51. The highest BCUT2D eigenvalue weighted by Crippen LogP contribution is 2.26. The Kier molecular flexibility index (Phi) is 8.28. The van der Waals surface area contributed by atoms with Crippen LogP contribution in [0.4, 0.5) is 0 Å². The van der Waals surface area contributed by atoms with Crippen molar-refractivity contribution in [2.75, 3.05) is 24.7 Å². The summed E-state index contributed by atoms with van der Waals surface area (Å²) in [6.07, 6.45) is -10.2. The van der Waals surface area contributed by atoms with Crippen molar-refractivity contribution < 1.29 is 52.9 Å². The smallest absolute Gasteiger partial charge is 0.218 e.